The van der Waals surface area contributed by atoms with Crippen molar-refractivity contribution in [3.8, 4) is 0 Å². The third-order valence-corrected chi connectivity index (χ3v) is 6.64. The van der Waals surface area contributed by atoms with Gasteiger partial charge in [0.25, 0.3) is 5.91 Å². The molecule has 1 unspecified atom stereocenters. The van der Waals surface area contributed by atoms with Gasteiger partial charge in [0.2, 0.25) is 10.0 Å². The maximum atomic E-state index is 12.9. The van der Waals surface area contributed by atoms with Crippen molar-refractivity contribution in [2.24, 2.45) is 0 Å². The van der Waals surface area contributed by atoms with Crippen LogP contribution < -0.4 is 5.32 Å². The van der Waals surface area contributed by atoms with Crippen molar-refractivity contribution in [3.63, 3.8) is 0 Å². The lowest BCUT2D eigenvalue weighted by Crippen LogP contribution is -2.38. The van der Waals surface area contributed by atoms with Crippen molar-refractivity contribution >= 4 is 15.9 Å². The molecule has 1 aliphatic heterocycles. The summed E-state index contributed by atoms with van der Waals surface area (Å²) >= 11 is 0. The van der Waals surface area contributed by atoms with E-state index >= 15 is 0 Å². The SMILES string of the molecule is COCCN(CCOC)S(=O)(=O)c1ccc(C(=O)N(C)C2CCNC2)cc1. The number of ether oxygens (including phenoxy) is 2. The summed E-state index contributed by atoms with van der Waals surface area (Å²) in [6, 6.07) is 6.27. The van der Waals surface area contributed by atoms with Crippen molar-refractivity contribution < 1.29 is 22.7 Å². The Labute approximate surface area is 161 Å². The average molecular weight is 400 g/mol. The van der Waals surface area contributed by atoms with Crippen LogP contribution in [0.5, 0.6) is 0 Å². The van der Waals surface area contributed by atoms with E-state index in [0.29, 0.717) is 18.8 Å². The van der Waals surface area contributed by atoms with Gasteiger partial charge in [0.05, 0.1) is 18.1 Å². The summed E-state index contributed by atoms with van der Waals surface area (Å²) in [5.41, 5.74) is 0.476. The number of amides is 1. The Morgan fingerprint density at radius 1 is 1.15 bits per heavy atom. The second kappa shape index (κ2) is 10.1. The van der Waals surface area contributed by atoms with Gasteiger partial charge < -0.3 is 19.7 Å². The lowest BCUT2D eigenvalue weighted by atomic mass is 10.1. The molecule has 152 valence electrons. The summed E-state index contributed by atoms with van der Waals surface area (Å²) in [6.07, 6.45) is 0.919. The van der Waals surface area contributed by atoms with E-state index < -0.39 is 10.0 Å². The first-order valence-electron chi connectivity index (χ1n) is 8.97. The van der Waals surface area contributed by atoms with Crippen LogP contribution in [0.3, 0.4) is 0 Å². The molecule has 0 aromatic heterocycles. The number of hydrogen-bond donors (Lipinski definition) is 1. The lowest BCUT2D eigenvalue weighted by Gasteiger charge is -2.24. The molecule has 27 heavy (non-hydrogen) atoms. The van der Waals surface area contributed by atoms with Gasteiger partial charge in [0.15, 0.2) is 0 Å². The van der Waals surface area contributed by atoms with Crippen LogP contribution in [0.4, 0.5) is 0 Å². The third kappa shape index (κ3) is 5.49. The smallest absolute Gasteiger partial charge is 0.253 e. The molecule has 1 aromatic rings. The molecule has 1 fully saturated rings. The first kappa shape index (κ1) is 21.8. The van der Waals surface area contributed by atoms with Crippen LogP contribution in [0.2, 0.25) is 0 Å². The van der Waals surface area contributed by atoms with Crippen LogP contribution in [0, 0.1) is 0 Å². The van der Waals surface area contributed by atoms with Crippen LogP contribution in [-0.2, 0) is 19.5 Å². The van der Waals surface area contributed by atoms with E-state index in [9.17, 15) is 13.2 Å². The minimum Gasteiger partial charge on any atom is -0.383 e. The second-order valence-corrected chi connectivity index (χ2v) is 8.41. The van der Waals surface area contributed by atoms with Gasteiger partial charge in [-0.1, -0.05) is 0 Å². The number of nitrogens with zero attached hydrogens (tertiary/aromatic N) is 2. The van der Waals surface area contributed by atoms with Crippen molar-refractivity contribution in [1.82, 2.24) is 14.5 Å². The minimum atomic E-state index is -3.69. The fourth-order valence-electron chi connectivity index (χ4n) is 3.00. The molecule has 2 rings (SSSR count). The molecule has 1 aliphatic rings. The van der Waals surface area contributed by atoms with Gasteiger partial charge >= 0.3 is 0 Å². The summed E-state index contributed by atoms with van der Waals surface area (Å²) in [7, 11) is 1.15. The van der Waals surface area contributed by atoms with E-state index in [0.717, 1.165) is 19.5 Å². The van der Waals surface area contributed by atoms with Crippen molar-refractivity contribution in [1.29, 1.82) is 0 Å². The van der Waals surface area contributed by atoms with E-state index in [2.05, 4.69) is 5.32 Å². The number of methoxy groups -OCH3 is 2. The van der Waals surface area contributed by atoms with Crippen LogP contribution in [0.15, 0.2) is 29.2 Å². The Morgan fingerprint density at radius 3 is 2.22 bits per heavy atom. The molecule has 0 bridgehead atoms. The molecule has 0 radical (unpaired) electrons. The summed E-state index contributed by atoms with van der Waals surface area (Å²) in [5.74, 6) is -0.108. The predicted octanol–water partition coefficient (Wildman–Crippen LogP) is 0.404. The van der Waals surface area contributed by atoms with Crippen LogP contribution in [0.1, 0.15) is 16.8 Å². The number of nitrogens with one attached hydrogen (secondary N) is 1. The molecule has 1 aromatic carbocycles. The maximum Gasteiger partial charge on any atom is 0.253 e. The molecule has 1 heterocycles. The number of sulfonamides is 1. The van der Waals surface area contributed by atoms with Gasteiger partial charge in [-0.05, 0) is 37.2 Å². The molecule has 0 spiro atoms. The molecule has 0 saturated carbocycles. The monoisotopic (exact) mass is 399 g/mol. The lowest BCUT2D eigenvalue weighted by molar-refractivity contribution is 0.0743. The van der Waals surface area contributed by atoms with Gasteiger partial charge in [-0.2, -0.15) is 4.31 Å². The first-order valence-corrected chi connectivity index (χ1v) is 10.4. The Hall–Kier alpha value is -1.52. The van der Waals surface area contributed by atoms with Crippen molar-refractivity contribution in [2.75, 3.05) is 60.7 Å². The molecule has 1 N–H and O–H groups in total. The van der Waals surface area contributed by atoms with Gasteiger partial charge in [0.1, 0.15) is 0 Å². The maximum absolute atomic E-state index is 12.9. The third-order valence-electron chi connectivity index (χ3n) is 4.73. The Bertz CT molecular complexity index is 694. The first-order chi connectivity index (χ1) is 12.9. The van der Waals surface area contributed by atoms with E-state index in [-0.39, 0.29) is 29.9 Å². The highest BCUT2D eigenvalue weighted by Gasteiger charge is 2.26. The van der Waals surface area contributed by atoms with Crippen LogP contribution in [-0.4, -0.2) is 90.2 Å². The number of carbonyl (C=O) groups excluding carboxylic acids is 1. The average Bonchev–Trinajstić information content (AvgIpc) is 3.21. The van der Waals surface area contributed by atoms with Crippen LogP contribution >= 0.6 is 0 Å². The minimum absolute atomic E-state index is 0.108. The Kier molecular flexibility index (Phi) is 8.18. The second-order valence-electron chi connectivity index (χ2n) is 6.48. The number of benzene rings is 1. The number of rotatable bonds is 10. The molecular weight excluding hydrogens is 370 g/mol. The summed E-state index contributed by atoms with van der Waals surface area (Å²) in [4.78, 5) is 14.5. The highest BCUT2D eigenvalue weighted by Crippen LogP contribution is 2.18. The van der Waals surface area contributed by atoms with E-state index in [1.165, 1.54) is 30.7 Å². The molecule has 1 amide bonds. The van der Waals surface area contributed by atoms with Crippen molar-refractivity contribution in [2.45, 2.75) is 17.4 Å². The van der Waals surface area contributed by atoms with E-state index in [1.807, 2.05) is 0 Å². The molecule has 0 aliphatic carbocycles. The van der Waals surface area contributed by atoms with Gasteiger partial charge in [-0.25, -0.2) is 8.42 Å². The van der Waals surface area contributed by atoms with Crippen LogP contribution in [0.25, 0.3) is 0 Å². The topological polar surface area (TPSA) is 88.2 Å². The molecule has 8 nitrogen and oxygen atoms in total. The summed E-state index contributed by atoms with van der Waals surface area (Å²) in [6.45, 7) is 2.74. The number of hydrogen-bond acceptors (Lipinski definition) is 6. The molecule has 9 heteroatoms. The molecular formula is C18H29N3O5S. The van der Waals surface area contributed by atoms with Gasteiger partial charge in [0, 0.05) is 52.5 Å². The largest absolute Gasteiger partial charge is 0.383 e. The highest BCUT2D eigenvalue weighted by molar-refractivity contribution is 7.89. The molecule has 1 saturated heterocycles. The number of carbonyl (C=O) groups is 1. The van der Waals surface area contributed by atoms with Crippen molar-refractivity contribution in [3.05, 3.63) is 29.8 Å². The number of likely N-dealkylation sites (N-methyl/N-ethyl adjacent to an activating group) is 1. The normalized spacial score (nSPS) is 17.4. The van der Waals surface area contributed by atoms with E-state index in [4.69, 9.17) is 9.47 Å². The summed E-state index contributed by atoms with van der Waals surface area (Å²) in [5, 5.41) is 3.24. The zero-order valence-corrected chi connectivity index (χ0v) is 17.0. The highest BCUT2D eigenvalue weighted by atomic mass is 32.2. The standard InChI is InChI=1S/C18H29N3O5S/c1-20(16-8-9-19-14-16)18(22)15-4-6-17(7-5-15)27(23,24)21(10-12-25-2)11-13-26-3/h4-7,16,19H,8-14H2,1-3H3. The Morgan fingerprint density at radius 2 is 1.74 bits per heavy atom. The van der Waals surface area contributed by atoms with Gasteiger partial charge in [-0.3, -0.25) is 4.79 Å². The van der Waals surface area contributed by atoms with Gasteiger partial charge in [-0.15, -0.1) is 0 Å². The Balaban J connectivity index is 2.14. The predicted molar refractivity (Wildman–Crippen MR) is 102 cm³/mol. The quantitative estimate of drug-likeness (QED) is 0.613. The van der Waals surface area contributed by atoms with E-state index in [1.54, 1.807) is 24.1 Å². The zero-order chi connectivity index (χ0) is 19.9. The zero-order valence-electron chi connectivity index (χ0n) is 16.2. The fraction of sp³-hybridized carbons (Fsp3) is 0.611. The summed E-state index contributed by atoms with van der Waals surface area (Å²) < 4.78 is 37.1. The fourth-order valence-corrected chi connectivity index (χ4v) is 4.40. The molecule has 1 atom stereocenters.